The minimum atomic E-state index is 0.195. The average molecular weight is 211 g/mol. The molecular weight excluding hydrogens is 190 g/mol. The highest BCUT2D eigenvalue weighted by atomic mass is 16.5. The Morgan fingerprint density at radius 2 is 2.27 bits per heavy atom. The van der Waals surface area contributed by atoms with Crippen LogP contribution in [0.3, 0.4) is 0 Å². The maximum Gasteiger partial charge on any atom is 0.138 e. The van der Waals surface area contributed by atoms with E-state index in [1.165, 1.54) is 12.8 Å². The second kappa shape index (κ2) is 5.61. The molecule has 3 nitrogen and oxygen atoms in total. The molecule has 0 spiro atoms. The van der Waals surface area contributed by atoms with Crippen LogP contribution in [0, 0.1) is 11.8 Å². The fourth-order valence-electron chi connectivity index (χ4n) is 2.54. The first-order chi connectivity index (χ1) is 7.36. The number of carbonyl (C=O) groups excluding carboxylic acids is 1. The molecule has 0 amide bonds. The number of nitrogens with one attached hydrogen (secondary N) is 1. The summed E-state index contributed by atoms with van der Waals surface area (Å²) < 4.78 is 5.36. The lowest BCUT2D eigenvalue weighted by atomic mass is 9.87. The van der Waals surface area contributed by atoms with Gasteiger partial charge in [-0.25, -0.2) is 0 Å². The first-order valence-electron chi connectivity index (χ1n) is 6.17. The molecule has 2 unspecified atom stereocenters. The van der Waals surface area contributed by atoms with E-state index in [-0.39, 0.29) is 5.92 Å². The summed E-state index contributed by atoms with van der Waals surface area (Å²) in [6, 6.07) is 0. The zero-order chi connectivity index (χ0) is 10.5. The van der Waals surface area contributed by atoms with E-state index in [9.17, 15) is 4.79 Å². The number of hydrogen-bond acceptors (Lipinski definition) is 3. The number of piperidine rings is 1. The Labute approximate surface area is 91.6 Å². The van der Waals surface area contributed by atoms with Gasteiger partial charge in [0.05, 0.1) is 6.61 Å². The second-order valence-corrected chi connectivity index (χ2v) is 4.80. The van der Waals surface area contributed by atoms with E-state index >= 15 is 0 Å². The summed E-state index contributed by atoms with van der Waals surface area (Å²) in [6.45, 7) is 3.66. The molecule has 86 valence electrons. The summed E-state index contributed by atoms with van der Waals surface area (Å²) in [5, 5.41) is 3.36. The zero-order valence-electron chi connectivity index (χ0n) is 9.34. The molecule has 0 aromatic rings. The van der Waals surface area contributed by atoms with Crippen LogP contribution in [0.25, 0.3) is 0 Å². The standard InChI is InChI=1S/C12H21NO2/c14-12(11-4-2-6-15-9-11)7-10-3-1-5-13-8-10/h10-11,13H,1-9H2. The molecule has 0 saturated carbocycles. The third-order valence-electron chi connectivity index (χ3n) is 3.50. The Hall–Kier alpha value is -0.410. The highest BCUT2D eigenvalue weighted by Crippen LogP contribution is 2.21. The normalized spacial score (nSPS) is 32.5. The maximum absolute atomic E-state index is 12.0. The molecule has 3 heteroatoms. The molecule has 0 aromatic heterocycles. The van der Waals surface area contributed by atoms with Gasteiger partial charge in [0.15, 0.2) is 0 Å². The fourth-order valence-corrected chi connectivity index (χ4v) is 2.54. The quantitative estimate of drug-likeness (QED) is 0.766. The van der Waals surface area contributed by atoms with E-state index in [1.807, 2.05) is 0 Å². The lowest BCUT2D eigenvalue weighted by Gasteiger charge is -2.26. The highest BCUT2D eigenvalue weighted by Gasteiger charge is 2.25. The number of rotatable bonds is 3. The lowest BCUT2D eigenvalue weighted by molar-refractivity contribution is -0.127. The molecule has 2 fully saturated rings. The summed E-state index contributed by atoms with van der Waals surface area (Å²) in [7, 11) is 0. The first-order valence-corrected chi connectivity index (χ1v) is 6.17. The van der Waals surface area contributed by atoms with Crippen molar-refractivity contribution in [3.05, 3.63) is 0 Å². The number of ether oxygens (including phenoxy) is 1. The van der Waals surface area contributed by atoms with Crippen molar-refractivity contribution in [2.24, 2.45) is 11.8 Å². The van der Waals surface area contributed by atoms with Crippen LogP contribution in [0.4, 0.5) is 0 Å². The predicted molar refractivity (Wildman–Crippen MR) is 58.8 cm³/mol. The summed E-state index contributed by atoms with van der Waals surface area (Å²) in [5.74, 6) is 1.21. The Morgan fingerprint density at radius 1 is 1.33 bits per heavy atom. The number of Topliss-reactive ketones (excluding diaryl/α,β-unsaturated/α-hetero) is 1. The Kier molecular flexibility index (Phi) is 4.15. The molecule has 1 N–H and O–H groups in total. The molecule has 0 aliphatic carbocycles. The number of ketones is 1. The molecule has 15 heavy (non-hydrogen) atoms. The van der Waals surface area contributed by atoms with Gasteiger partial charge in [-0.2, -0.15) is 0 Å². The zero-order valence-corrected chi connectivity index (χ0v) is 9.34. The summed E-state index contributed by atoms with van der Waals surface area (Å²) >= 11 is 0. The van der Waals surface area contributed by atoms with E-state index < -0.39 is 0 Å². The monoisotopic (exact) mass is 211 g/mol. The molecule has 0 radical (unpaired) electrons. The van der Waals surface area contributed by atoms with E-state index in [4.69, 9.17) is 4.74 Å². The molecule has 2 saturated heterocycles. The van der Waals surface area contributed by atoms with Crippen molar-refractivity contribution >= 4 is 5.78 Å². The van der Waals surface area contributed by atoms with E-state index in [0.717, 1.165) is 39.0 Å². The Morgan fingerprint density at radius 3 is 2.93 bits per heavy atom. The van der Waals surface area contributed by atoms with Crippen LogP contribution < -0.4 is 5.32 Å². The third kappa shape index (κ3) is 3.28. The minimum Gasteiger partial charge on any atom is -0.381 e. The maximum atomic E-state index is 12.0. The van der Waals surface area contributed by atoms with E-state index in [1.54, 1.807) is 0 Å². The van der Waals surface area contributed by atoms with Crippen LogP contribution in [-0.4, -0.2) is 32.1 Å². The van der Waals surface area contributed by atoms with Gasteiger partial charge >= 0.3 is 0 Å². The molecule has 0 bridgehead atoms. The van der Waals surface area contributed by atoms with Crippen molar-refractivity contribution in [2.45, 2.75) is 32.1 Å². The third-order valence-corrected chi connectivity index (χ3v) is 3.50. The van der Waals surface area contributed by atoms with Crippen molar-refractivity contribution in [1.29, 1.82) is 0 Å². The summed E-state index contributed by atoms with van der Waals surface area (Å²) in [5.41, 5.74) is 0. The minimum absolute atomic E-state index is 0.195. The van der Waals surface area contributed by atoms with Crippen molar-refractivity contribution in [3.63, 3.8) is 0 Å². The Bertz CT molecular complexity index is 206. The summed E-state index contributed by atoms with van der Waals surface area (Å²) in [6.07, 6.45) is 5.30. The largest absolute Gasteiger partial charge is 0.381 e. The van der Waals surface area contributed by atoms with Crippen LogP contribution in [-0.2, 0) is 9.53 Å². The molecule has 2 atom stereocenters. The van der Waals surface area contributed by atoms with Crippen LogP contribution in [0.15, 0.2) is 0 Å². The number of carbonyl (C=O) groups is 1. The van der Waals surface area contributed by atoms with Crippen LogP contribution >= 0.6 is 0 Å². The molecule has 0 aromatic carbocycles. The molecule has 2 aliphatic heterocycles. The lowest BCUT2D eigenvalue weighted by Crippen LogP contribution is -2.33. The fraction of sp³-hybridized carbons (Fsp3) is 0.917. The van der Waals surface area contributed by atoms with Gasteiger partial charge in [-0.1, -0.05) is 0 Å². The summed E-state index contributed by atoms with van der Waals surface area (Å²) in [4.78, 5) is 12.0. The first kappa shape index (κ1) is 11.1. The SMILES string of the molecule is O=C(CC1CCCNC1)C1CCCOC1. The molecule has 2 heterocycles. The van der Waals surface area contributed by atoms with E-state index in [0.29, 0.717) is 18.3 Å². The van der Waals surface area contributed by atoms with Crippen molar-refractivity contribution in [1.82, 2.24) is 5.32 Å². The smallest absolute Gasteiger partial charge is 0.138 e. The Balaban J connectivity index is 1.74. The van der Waals surface area contributed by atoms with Crippen molar-refractivity contribution in [2.75, 3.05) is 26.3 Å². The van der Waals surface area contributed by atoms with Gasteiger partial charge in [0, 0.05) is 18.9 Å². The molecule has 2 aliphatic rings. The predicted octanol–water partition coefficient (Wildman–Crippen LogP) is 1.37. The topological polar surface area (TPSA) is 38.3 Å². The van der Waals surface area contributed by atoms with Gasteiger partial charge in [0.1, 0.15) is 5.78 Å². The highest BCUT2D eigenvalue weighted by molar-refractivity contribution is 5.81. The van der Waals surface area contributed by atoms with Gasteiger partial charge in [-0.05, 0) is 44.7 Å². The molecular formula is C12H21NO2. The van der Waals surface area contributed by atoms with Gasteiger partial charge in [0.2, 0.25) is 0 Å². The van der Waals surface area contributed by atoms with Crippen molar-refractivity contribution < 1.29 is 9.53 Å². The van der Waals surface area contributed by atoms with Crippen LogP contribution in [0.1, 0.15) is 32.1 Å². The molecule has 2 rings (SSSR count). The van der Waals surface area contributed by atoms with Crippen molar-refractivity contribution in [3.8, 4) is 0 Å². The van der Waals surface area contributed by atoms with Gasteiger partial charge in [0.25, 0.3) is 0 Å². The van der Waals surface area contributed by atoms with Gasteiger partial charge in [-0.3, -0.25) is 4.79 Å². The van der Waals surface area contributed by atoms with E-state index in [2.05, 4.69) is 5.32 Å². The number of hydrogen-bond donors (Lipinski definition) is 1. The van der Waals surface area contributed by atoms with Gasteiger partial charge < -0.3 is 10.1 Å². The van der Waals surface area contributed by atoms with Gasteiger partial charge in [-0.15, -0.1) is 0 Å². The second-order valence-electron chi connectivity index (χ2n) is 4.80. The average Bonchev–Trinajstić information content (AvgIpc) is 2.31. The van der Waals surface area contributed by atoms with Crippen LogP contribution in [0.2, 0.25) is 0 Å². The van der Waals surface area contributed by atoms with Crippen LogP contribution in [0.5, 0.6) is 0 Å².